The fraction of sp³-hybridized carbons (Fsp3) is 0.304. The van der Waals surface area contributed by atoms with E-state index in [2.05, 4.69) is 15.5 Å². The molecule has 2 aromatic carbocycles. The first-order valence-electron chi connectivity index (χ1n) is 10.1. The standard InChI is InChI=1S/C23H24ClN3O6/c1-30-18-9-6-15(12-19(18)31-2)17(13-22(29)32-3)25-20(28)10-11-21-26-23(27-33-21)14-4-7-16(24)8-5-14/h4-9,12,17H,10-11,13H2,1-3H3,(H,25,28). The van der Waals surface area contributed by atoms with Crippen LogP contribution in [0, 0.1) is 0 Å². The van der Waals surface area contributed by atoms with Gasteiger partial charge in [-0.3, -0.25) is 9.59 Å². The van der Waals surface area contributed by atoms with Crippen molar-refractivity contribution in [2.45, 2.75) is 25.3 Å². The minimum Gasteiger partial charge on any atom is -0.493 e. The Morgan fingerprint density at radius 1 is 1.06 bits per heavy atom. The number of nitrogens with one attached hydrogen (secondary N) is 1. The highest BCUT2D eigenvalue weighted by Crippen LogP contribution is 2.31. The first kappa shape index (κ1) is 24.1. The number of amides is 1. The van der Waals surface area contributed by atoms with Crippen molar-refractivity contribution in [2.24, 2.45) is 0 Å². The Balaban J connectivity index is 1.66. The minimum absolute atomic E-state index is 0.0427. The number of nitrogens with zero attached hydrogens (tertiary/aromatic N) is 2. The van der Waals surface area contributed by atoms with Gasteiger partial charge in [0.15, 0.2) is 11.5 Å². The SMILES string of the molecule is COC(=O)CC(NC(=O)CCc1nc(-c2ccc(Cl)cc2)no1)c1ccc(OC)c(OC)c1. The third kappa shape index (κ3) is 6.45. The molecule has 0 spiro atoms. The zero-order valence-electron chi connectivity index (χ0n) is 18.5. The van der Waals surface area contributed by atoms with E-state index in [0.717, 1.165) is 5.56 Å². The topological polar surface area (TPSA) is 113 Å². The van der Waals surface area contributed by atoms with E-state index >= 15 is 0 Å². The average Bonchev–Trinajstić information content (AvgIpc) is 3.31. The van der Waals surface area contributed by atoms with E-state index < -0.39 is 12.0 Å². The van der Waals surface area contributed by atoms with Crippen LogP contribution in [0.3, 0.4) is 0 Å². The molecule has 1 heterocycles. The van der Waals surface area contributed by atoms with E-state index in [1.54, 1.807) is 42.5 Å². The summed E-state index contributed by atoms with van der Waals surface area (Å²) in [5.41, 5.74) is 1.43. The Labute approximate surface area is 196 Å². The van der Waals surface area contributed by atoms with Crippen molar-refractivity contribution >= 4 is 23.5 Å². The van der Waals surface area contributed by atoms with Gasteiger partial charge in [0.2, 0.25) is 17.6 Å². The van der Waals surface area contributed by atoms with Gasteiger partial charge in [0, 0.05) is 23.4 Å². The highest BCUT2D eigenvalue weighted by Gasteiger charge is 2.21. The molecular formula is C23H24ClN3O6. The molecule has 1 atom stereocenters. The molecular weight excluding hydrogens is 450 g/mol. The molecule has 0 saturated heterocycles. The molecule has 0 radical (unpaired) electrons. The summed E-state index contributed by atoms with van der Waals surface area (Å²) >= 11 is 5.90. The van der Waals surface area contributed by atoms with Crippen LogP contribution in [0.25, 0.3) is 11.4 Å². The summed E-state index contributed by atoms with van der Waals surface area (Å²) in [5, 5.41) is 7.41. The summed E-state index contributed by atoms with van der Waals surface area (Å²) in [5.74, 6) is 1.02. The number of carbonyl (C=O) groups is 2. The number of rotatable bonds is 10. The number of methoxy groups -OCH3 is 3. The second kappa shape index (κ2) is 11.3. The Morgan fingerprint density at radius 2 is 1.79 bits per heavy atom. The lowest BCUT2D eigenvalue weighted by atomic mass is 10.0. The molecule has 9 nitrogen and oxygen atoms in total. The molecule has 174 valence electrons. The zero-order chi connectivity index (χ0) is 23.8. The predicted octanol–water partition coefficient (Wildman–Crippen LogP) is 3.76. The van der Waals surface area contributed by atoms with Gasteiger partial charge < -0.3 is 24.1 Å². The van der Waals surface area contributed by atoms with Gasteiger partial charge in [0.25, 0.3) is 0 Å². The van der Waals surface area contributed by atoms with Crippen molar-refractivity contribution < 1.29 is 28.3 Å². The zero-order valence-corrected chi connectivity index (χ0v) is 19.2. The Morgan fingerprint density at radius 3 is 2.45 bits per heavy atom. The summed E-state index contributed by atoms with van der Waals surface area (Å²) in [6, 6.07) is 11.6. The van der Waals surface area contributed by atoms with Crippen LogP contribution in [0.15, 0.2) is 47.0 Å². The molecule has 3 aromatic rings. The number of ether oxygens (including phenoxy) is 3. The number of aromatic nitrogens is 2. The van der Waals surface area contributed by atoms with Crippen molar-refractivity contribution in [3.8, 4) is 22.9 Å². The van der Waals surface area contributed by atoms with E-state index in [4.69, 9.17) is 30.3 Å². The molecule has 1 aromatic heterocycles. The normalized spacial score (nSPS) is 11.5. The number of benzene rings is 2. The van der Waals surface area contributed by atoms with Crippen molar-refractivity contribution in [1.29, 1.82) is 0 Å². The largest absolute Gasteiger partial charge is 0.493 e. The number of hydrogen-bond donors (Lipinski definition) is 1. The molecule has 0 aliphatic carbocycles. The van der Waals surface area contributed by atoms with Gasteiger partial charge in [-0.05, 0) is 42.0 Å². The smallest absolute Gasteiger partial charge is 0.307 e. The summed E-state index contributed by atoms with van der Waals surface area (Å²) < 4.78 is 20.6. The van der Waals surface area contributed by atoms with Gasteiger partial charge in [0.1, 0.15) is 0 Å². The molecule has 1 amide bonds. The van der Waals surface area contributed by atoms with Crippen LogP contribution in [-0.2, 0) is 20.7 Å². The summed E-state index contributed by atoms with van der Waals surface area (Å²) in [6.45, 7) is 0. The Kier molecular flexibility index (Phi) is 8.26. The van der Waals surface area contributed by atoms with Crippen molar-refractivity contribution in [1.82, 2.24) is 15.5 Å². The molecule has 1 N–H and O–H groups in total. The minimum atomic E-state index is -0.614. The molecule has 33 heavy (non-hydrogen) atoms. The van der Waals surface area contributed by atoms with Crippen LogP contribution in [-0.4, -0.2) is 43.3 Å². The van der Waals surface area contributed by atoms with Crippen molar-refractivity contribution in [3.05, 3.63) is 58.9 Å². The summed E-state index contributed by atoms with van der Waals surface area (Å²) in [4.78, 5) is 28.9. The second-order valence-corrected chi connectivity index (χ2v) is 7.47. The lowest BCUT2D eigenvalue weighted by Crippen LogP contribution is -2.30. The molecule has 3 rings (SSSR count). The maximum absolute atomic E-state index is 12.6. The van der Waals surface area contributed by atoms with Crippen LogP contribution in [0.2, 0.25) is 5.02 Å². The molecule has 1 unspecified atom stereocenters. The van der Waals surface area contributed by atoms with Crippen LogP contribution in [0.5, 0.6) is 11.5 Å². The quantitative estimate of drug-likeness (QED) is 0.443. The lowest BCUT2D eigenvalue weighted by Gasteiger charge is -2.19. The van der Waals surface area contributed by atoms with Crippen LogP contribution >= 0.6 is 11.6 Å². The number of hydrogen-bond acceptors (Lipinski definition) is 8. The van der Waals surface area contributed by atoms with Gasteiger partial charge in [-0.1, -0.05) is 22.8 Å². The maximum Gasteiger partial charge on any atom is 0.307 e. The number of halogens is 1. The van der Waals surface area contributed by atoms with E-state index in [1.165, 1.54) is 21.3 Å². The first-order chi connectivity index (χ1) is 15.9. The van der Waals surface area contributed by atoms with E-state index in [1.807, 2.05) is 0 Å². The van der Waals surface area contributed by atoms with Crippen LogP contribution in [0.4, 0.5) is 0 Å². The highest BCUT2D eigenvalue weighted by molar-refractivity contribution is 6.30. The summed E-state index contributed by atoms with van der Waals surface area (Å²) in [6.07, 6.45) is 0.287. The maximum atomic E-state index is 12.6. The third-order valence-electron chi connectivity index (χ3n) is 4.88. The number of aryl methyl sites for hydroxylation is 1. The van der Waals surface area contributed by atoms with Crippen LogP contribution < -0.4 is 14.8 Å². The molecule has 10 heteroatoms. The predicted molar refractivity (Wildman–Crippen MR) is 120 cm³/mol. The van der Waals surface area contributed by atoms with Crippen LogP contribution in [0.1, 0.15) is 30.3 Å². The van der Waals surface area contributed by atoms with Crippen molar-refractivity contribution in [2.75, 3.05) is 21.3 Å². The molecule has 0 bridgehead atoms. The molecule has 0 fully saturated rings. The van der Waals surface area contributed by atoms with Gasteiger partial charge >= 0.3 is 5.97 Å². The van der Waals surface area contributed by atoms with E-state index in [9.17, 15) is 9.59 Å². The average molecular weight is 474 g/mol. The highest BCUT2D eigenvalue weighted by atomic mass is 35.5. The molecule has 0 aliphatic heterocycles. The number of esters is 1. The number of carbonyl (C=O) groups excluding carboxylic acids is 2. The monoisotopic (exact) mass is 473 g/mol. The van der Waals surface area contributed by atoms with E-state index in [-0.39, 0.29) is 25.2 Å². The van der Waals surface area contributed by atoms with Gasteiger partial charge in [-0.2, -0.15) is 4.98 Å². The molecule has 0 saturated carbocycles. The first-order valence-corrected chi connectivity index (χ1v) is 10.5. The van der Waals surface area contributed by atoms with Gasteiger partial charge in [0.05, 0.1) is 33.8 Å². The van der Waals surface area contributed by atoms with E-state index in [0.29, 0.717) is 33.8 Å². The second-order valence-electron chi connectivity index (χ2n) is 7.03. The van der Waals surface area contributed by atoms with Gasteiger partial charge in [-0.25, -0.2) is 0 Å². The fourth-order valence-electron chi connectivity index (χ4n) is 3.13. The fourth-order valence-corrected chi connectivity index (χ4v) is 3.26. The summed E-state index contributed by atoms with van der Waals surface area (Å²) in [7, 11) is 4.34. The molecule has 0 aliphatic rings. The van der Waals surface area contributed by atoms with Crippen molar-refractivity contribution in [3.63, 3.8) is 0 Å². The Hall–Kier alpha value is -3.59. The third-order valence-corrected chi connectivity index (χ3v) is 5.13. The van der Waals surface area contributed by atoms with Gasteiger partial charge in [-0.15, -0.1) is 0 Å². The Bertz CT molecular complexity index is 1100. The lowest BCUT2D eigenvalue weighted by molar-refractivity contribution is -0.141.